The summed E-state index contributed by atoms with van der Waals surface area (Å²) in [5.41, 5.74) is 0.189. The molecule has 0 spiro atoms. The summed E-state index contributed by atoms with van der Waals surface area (Å²) in [4.78, 5) is 14.1. The number of hydrogen-bond donors (Lipinski definition) is 1. The second-order valence-electron chi connectivity index (χ2n) is 5.44. The lowest BCUT2D eigenvalue weighted by atomic mass is 9.94. The summed E-state index contributed by atoms with van der Waals surface area (Å²) in [6, 6.07) is 0. The Morgan fingerprint density at radius 1 is 1.29 bits per heavy atom. The molecule has 2 rings (SSSR count). The van der Waals surface area contributed by atoms with E-state index in [2.05, 4.69) is 24.1 Å². The Labute approximate surface area is 111 Å². The summed E-state index contributed by atoms with van der Waals surface area (Å²) in [6.45, 7) is 6.70. The first-order chi connectivity index (χ1) is 7.67. The van der Waals surface area contributed by atoms with E-state index in [1.165, 1.54) is 32.1 Å². The van der Waals surface area contributed by atoms with Crippen LogP contribution >= 0.6 is 12.4 Å². The lowest BCUT2D eigenvalue weighted by molar-refractivity contribution is -0.124. The van der Waals surface area contributed by atoms with Crippen molar-refractivity contribution in [3.63, 3.8) is 0 Å². The van der Waals surface area contributed by atoms with Gasteiger partial charge in [0.2, 0.25) is 5.91 Å². The molecular formula is C13H25ClN2O. The van der Waals surface area contributed by atoms with Crippen LogP contribution in [-0.4, -0.2) is 36.0 Å². The molecule has 0 unspecified atom stereocenters. The van der Waals surface area contributed by atoms with Gasteiger partial charge in [-0.1, -0.05) is 13.8 Å². The molecule has 2 saturated carbocycles. The molecule has 4 heteroatoms. The minimum atomic E-state index is 0. The van der Waals surface area contributed by atoms with Crippen LogP contribution in [0, 0.1) is 5.92 Å². The predicted molar refractivity (Wildman–Crippen MR) is 72.5 cm³/mol. The number of halogens is 1. The van der Waals surface area contributed by atoms with Crippen molar-refractivity contribution >= 4 is 18.3 Å². The van der Waals surface area contributed by atoms with Crippen LogP contribution in [0.2, 0.25) is 0 Å². The third-order valence-corrected chi connectivity index (χ3v) is 4.41. The molecule has 17 heavy (non-hydrogen) atoms. The van der Waals surface area contributed by atoms with Crippen LogP contribution < -0.4 is 5.32 Å². The van der Waals surface area contributed by atoms with Gasteiger partial charge in [-0.25, -0.2) is 0 Å². The summed E-state index contributed by atoms with van der Waals surface area (Å²) in [7, 11) is 0. The van der Waals surface area contributed by atoms with Crippen LogP contribution in [0.25, 0.3) is 0 Å². The number of hydrogen-bond acceptors (Lipinski definition) is 2. The van der Waals surface area contributed by atoms with E-state index in [0.29, 0.717) is 6.54 Å². The van der Waals surface area contributed by atoms with Gasteiger partial charge in [-0.2, -0.15) is 0 Å². The molecule has 0 aromatic carbocycles. The van der Waals surface area contributed by atoms with Crippen molar-refractivity contribution in [3.8, 4) is 0 Å². The topological polar surface area (TPSA) is 32.3 Å². The number of fused-ring (bicyclic) bond motifs is 2. The average Bonchev–Trinajstić information content (AvgIpc) is 2.85. The highest BCUT2D eigenvalue weighted by molar-refractivity contribution is 5.85. The molecule has 0 atom stereocenters. The Morgan fingerprint density at radius 3 is 2.29 bits per heavy atom. The van der Waals surface area contributed by atoms with Crippen LogP contribution in [0.1, 0.15) is 46.0 Å². The smallest absolute Gasteiger partial charge is 0.234 e. The van der Waals surface area contributed by atoms with Gasteiger partial charge in [-0.15, -0.1) is 12.4 Å². The van der Waals surface area contributed by atoms with Crippen LogP contribution in [0.5, 0.6) is 0 Å². The predicted octanol–water partition coefficient (Wildman–Crippen LogP) is 2.20. The van der Waals surface area contributed by atoms with Crippen molar-refractivity contribution < 1.29 is 4.79 Å². The zero-order valence-electron chi connectivity index (χ0n) is 11.0. The van der Waals surface area contributed by atoms with Crippen molar-refractivity contribution in [1.82, 2.24) is 10.2 Å². The first-order valence-electron chi connectivity index (χ1n) is 6.71. The second-order valence-corrected chi connectivity index (χ2v) is 5.44. The van der Waals surface area contributed by atoms with Gasteiger partial charge in [-0.3, -0.25) is 9.69 Å². The molecule has 3 nitrogen and oxygen atoms in total. The summed E-state index contributed by atoms with van der Waals surface area (Å²) in [5, 5.41) is 3.30. The fraction of sp³-hybridized carbons (Fsp3) is 0.923. The van der Waals surface area contributed by atoms with E-state index < -0.39 is 0 Å². The Hall–Kier alpha value is -0.280. The largest absolute Gasteiger partial charge is 0.350 e. The molecule has 0 aliphatic heterocycles. The number of carbonyl (C=O) groups is 1. The third kappa shape index (κ3) is 3.35. The first-order valence-corrected chi connectivity index (χ1v) is 6.71. The summed E-state index contributed by atoms with van der Waals surface area (Å²) < 4.78 is 0. The number of rotatable bonds is 5. The number of nitrogens with zero attached hydrogens (tertiary/aromatic N) is 1. The maximum atomic E-state index is 12.0. The lowest BCUT2D eigenvalue weighted by Crippen LogP contribution is -2.48. The van der Waals surface area contributed by atoms with Gasteiger partial charge in [-0.05, 0) is 51.1 Å². The van der Waals surface area contributed by atoms with E-state index in [1.807, 2.05) is 0 Å². The fourth-order valence-electron chi connectivity index (χ4n) is 3.35. The fourth-order valence-corrected chi connectivity index (χ4v) is 3.35. The Bertz CT molecular complexity index is 258. The van der Waals surface area contributed by atoms with Gasteiger partial charge in [0, 0.05) is 5.54 Å². The number of likely N-dealkylation sites (N-methyl/N-ethyl adjacent to an activating group) is 1. The summed E-state index contributed by atoms with van der Waals surface area (Å²) >= 11 is 0. The highest BCUT2D eigenvalue weighted by Gasteiger charge is 2.45. The molecule has 2 bridgehead atoms. The maximum Gasteiger partial charge on any atom is 0.234 e. The minimum Gasteiger partial charge on any atom is -0.350 e. The second kappa shape index (κ2) is 6.05. The maximum absolute atomic E-state index is 12.0. The Balaban J connectivity index is 0.00000144. The quantitative estimate of drug-likeness (QED) is 0.822. The minimum absolute atomic E-state index is 0. The first kappa shape index (κ1) is 14.8. The van der Waals surface area contributed by atoms with E-state index in [-0.39, 0.29) is 23.9 Å². The van der Waals surface area contributed by atoms with Gasteiger partial charge >= 0.3 is 0 Å². The zero-order chi connectivity index (χ0) is 11.6. The van der Waals surface area contributed by atoms with Crippen LogP contribution in [0.4, 0.5) is 0 Å². The van der Waals surface area contributed by atoms with Crippen molar-refractivity contribution in [2.75, 3.05) is 19.6 Å². The van der Waals surface area contributed by atoms with Gasteiger partial charge in [0.1, 0.15) is 0 Å². The molecule has 1 amide bonds. The molecule has 1 N–H and O–H groups in total. The molecule has 0 radical (unpaired) electrons. The zero-order valence-corrected chi connectivity index (χ0v) is 11.8. The SMILES string of the molecule is CCN(CC)CC(=O)NC12CCC(CC1)C2.Cl. The summed E-state index contributed by atoms with van der Waals surface area (Å²) in [6.07, 6.45) is 6.30. The van der Waals surface area contributed by atoms with Gasteiger partial charge in [0.05, 0.1) is 6.54 Å². The van der Waals surface area contributed by atoms with E-state index in [4.69, 9.17) is 0 Å². The lowest BCUT2D eigenvalue weighted by Gasteiger charge is -2.29. The third-order valence-electron chi connectivity index (χ3n) is 4.41. The molecule has 0 saturated heterocycles. The number of nitrogens with one attached hydrogen (secondary N) is 1. The normalized spacial score (nSPS) is 30.4. The highest BCUT2D eigenvalue weighted by Crippen LogP contribution is 2.47. The van der Waals surface area contributed by atoms with Crippen molar-refractivity contribution in [2.45, 2.75) is 51.5 Å². The molecular weight excluding hydrogens is 236 g/mol. The van der Waals surface area contributed by atoms with Crippen LogP contribution in [0.15, 0.2) is 0 Å². The van der Waals surface area contributed by atoms with E-state index in [0.717, 1.165) is 19.0 Å². The monoisotopic (exact) mass is 260 g/mol. The molecule has 0 heterocycles. The molecule has 0 aromatic heterocycles. The van der Waals surface area contributed by atoms with Crippen molar-refractivity contribution in [1.29, 1.82) is 0 Å². The molecule has 100 valence electrons. The van der Waals surface area contributed by atoms with E-state index in [9.17, 15) is 4.79 Å². The van der Waals surface area contributed by atoms with Gasteiger partial charge < -0.3 is 5.32 Å². The molecule has 2 aliphatic rings. The van der Waals surface area contributed by atoms with Crippen LogP contribution in [-0.2, 0) is 4.79 Å². The molecule has 2 fully saturated rings. The van der Waals surface area contributed by atoms with Gasteiger partial charge in [0.25, 0.3) is 0 Å². The van der Waals surface area contributed by atoms with E-state index >= 15 is 0 Å². The summed E-state index contributed by atoms with van der Waals surface area (Å²) in [5.74, 6) is 1.13. The Kier molecular flexibility index (Phi) is 5.26. The number of carbonyl (C=O) groups excluding carboxylic acids is 1. The van der Waals surface area contributed by atoms with E-state index in [1.54, 1.807) is 0 Å². The Morgan fingerprint density at radius 2 is 1.88 bits per heavy atom. The average molecular weight is 261 g/mol. The molecule has 0 aromatic rings. The number of amides is 1. The van der Waals surface area contributed by atoms with Crippen molar-refractivity contribution in [2.24, 2.45) is 5.92 Å². The van der Waals surface area contributed by atoms with Gasteiger partial charge in [0.15, 0.2) is 0 Å². The van der Waals surface area contributed by atoms with Crippen LogP contribution in [0.3, 0.4) is 0 Å². The standard InChI is InChI=1S/C13H24N2O.ClH/c1-3-15(4-2)10-12(16)14-13-7-5-11(9-13)6-8-13;/h11H,3-10H2,1-2H3,(H,14,16);1H. The highest BCUT2D eigenvalue weighted by atomic mass is 35.5. The molecule has 2 aliphatic carbocycles. The van der Waals surface area contributed by atoms with Crippen molar-refractivity contribution in [3.05, 3.63) is 0 Å².